The summed E-state index contributed by atoms with van der Waals surface area (Å²) >= 11 is 2.94. The molecule has 3 rings (SSSR count). The van der Waals surface area contributed by atoms with Crippen LogP contribution in [0.3, 0.4) is 0 Å². The lowest BCUT2D eigenvalue weighted by molar-refractivity contribution is -0.118. The van der Waals surface area contributed by atoms with Crippen molar-refractivity contribution in [3.05, 3.63) is 47.2 Å². The van der Waals surface area contributed by atoms with Crippen LogP contribution in [-0.4, -0.2) is 45.1 Å². The summed E-state index contributed by atoms with van der Waals surface area (Å²) in [5.41, 5.74) is 0.914. The minimum absolute atomic E-state index is 0.0363. The molecule has 0 unspecified atom stereocenters. The minimum Gasteiger partial charge on any atom is -0.497 e. The molecule has 0 aliphatic rings. The van der Waals surface area contributed by atoms with E-state index < -0.39 is 0 Å². The molecule has 1 aromatic carbocycles. The summed E-state index contributed by atoms with van der Waals surface area (Å²) in [6, 6.07) is 7.57. The van der Waals surface area contributed by atoms with Crippen LogP contribution >= 0.6 is 23.1 Å². The van der Waals surface area contributed by atoms with Gasteiger partial charge in [0, 0.05) is 30.2 Å². The van der Waals surface area contributed by atoms with Crippen LogP contribution in [0, 0.1) is 0 Å². The lowest BCUT2D eigenvalue weighted by Gasteiger charge is -2.07. The van der Waals surface area contributed by atoms with Crippen LogP contribution in [0.2, 0.25) is 0 Å². The maximum atomic E-state index is 12.0. The smallest absolute Gasteiger partial charge is 0.230 e. The highest BCUT2D eigenvalue weighted by Crippen LogP contribution is 2.21. The average molecular weight is 375 g/mol. The van der Waals surface area contributed by atoms with Crippen molar-refractivity contribution < 1.29 is 9.53 Å². The third kappa shape index (κ3) is 4.80. The van der Waals surface area contributed by atoms with Crippen molar-refractivity contribution >= 4 is 29.0 Å². The normalized spacial score (nSPS) is 10.6. The SMILES string of the molecule is COc1ccc(-n2cnnc2SCC(=O)NCCc2nccs2)cc1. The van der Waals surface area contributed by atoms with E-state index in [0.29, 0.717) is 11.7 Å². The molecule has 25 heavy (non-hydrogen) atoms. The topological polar surface area (TPSA) is 81.9 Å². The van der Waals surface area contributed by atoms with Gasteiger partial charge in [-0.15, -0.1) is 21.5 Å². The van der Waals surface area contributed by atoms with Crippen molar-refractivity contribution in [2.45, 2.75) is 11.6 Å². The molecule has 0 saturated heterocycles. The van der Waals surface area contributed by atoms with Gasteiger partial charge < -0.3 is 10.1 Å². The third-order valence-electron chi connectivity index (χ3n) is 3.34. The molecule has 2 aromatic heterocycles. The molecule has 0 spiro atoms. The summed E-state index contributed by atoms with van der Waals surface area (Å²) in [5, 5.41) is 14.5. The molecule has 2 heterocycles. The predicted molar refractivity (Wildman–Crippen MR) is 97.5 cm³/mol. The van der Waals surface area contributed by atoms with Crippen molar-refractivity contribution in [1.82, 2.24) is 25.1 Å². The predicted octanol–water partition coefficient (Wildman–Crippen LogP) is 2.18. The van der Waals surface area contributed by atoms with Crippen LogP contribution in [0.1, 0.15) is 5.01 Å². The van der Waals surface area contributed by atoms with E-state index in [2.05, 4.69) is 20.5 Å². The van der Waals surface area contributed by atoms with Gasteiger partial charge in [-0.25, -0.2) is 4.98 Å². The second-order valence-electron chi connectivity index (χ2n) is 5.00. The van der Waals surface area contributed by atoms with Crippen LogP contribution in [0.15, 0.2) is 47.3 Å². The number of methoxy groups -OCH3 is 1. The number of benzene rings is 1. The maximum absolute atomic E-state index is 12.0. The van der Waals surface area contributed by atoms with Crippen LogP contribution in [0.5, 0.6) is 5.75 Å². The monoisotopic (exact) mass is 375 g/mol. The van der Waals surface area contributed by atoms with E-state index in [4.69, 9.17) is 4.74 Å². The minimum atomic E-state index is -0.0363. The first-order valence-electron chi connectivity index (χ1n) is 7.58. The van der Waals surface area contributed by atoms with Gasteiger partial charge in [0.15, 0.2) is 5.16 Å². The number of rotatable bonds is 8. The third-order valence-corrected chi connectivity index (χ3v) is 5.13. The van der Waals surface area contributed by atoms with Crippen LogP contribution < -0.4 is 10.1 Å². The Morgan fingerprint density at radius 1 is 1.36 bits per heavy atom. The molecule has 0 aliphatic heterocycles. The highest BCUT2D eigenvalue weighted by Gasteiger charge is 2.10. The van der Waals surface area contributed by atoms with Crippen LogP contribution in [-0.2, 0) is 11.2 Å². The van der Waals surface area contributed by atoms with Gasteiger partial charge in [0.2, 0.25) is 5.91 Å². The van der Waals surface area contributed by atoms with Crippen molar-refractivity contribution in [2.24, 2.45) is 0 Å². The van der Waals surface area contributed by atoms with Gasteiger partial charge in [0.25, 0.3) is 0 Å². The van der Waals surface area contributed by atoms with E-state index >= 15 is 0 Å². The fourth-order valence-electron chi connectivity index (χ4n) is 2.11. The highest BCUT2D eigenvalue weighted by atomic mass is 32.2. The molecule has 0 aliphatic carbocycles. The largest absolute Gasteiger partial charge is 0.497 e. The second kappa shape index (κ2) is 8.63. The average Bonchev–Trinajstić information content (AvgIpc) is 3.32. The number of amides is 1. The molecule has 1 amide bonds. The van der Waals surface area contributed by atoms with Crippen molar-refractivity contribution in [3.63, 3.8) is 0 Å². The zero-order chi connectivity index (χ0) is 17.5. The molecule has 130 valence electrons. The summed E-state index contributed by atoms with van der Waals surface area (Å²) in [4.78, 5) is 16.2. The summed E-state index contributed by atoms with van der Waals surface area (Å²) in [7, 11) is 1.63. The van der Waals surface area contributed by atoms with Crippen LogP contribution in [0.4, 0.5) is 0 Å². The van der Waals surface area contributed by atoms with E-state index in [1.54, 1.807) is 31.0 Å². The zero-order valence-corrected chi connectivity index (χ0v) is 15.2. The number of ether oxygens (including phenoxy) is 1. The number of aromatic nitrogens is 4. The molecule has 3 aromatic rings. The van der Waals surface area contributed by atoms with E-state index in [-0.39, 0.29) is 11.7 Å². The Balaban J connectivity index is 1.51. The fourth-order valence-corrected chi connectivity index (χ4v) is 3.49. The Morgan fingerprint density at radius 2 is 2.20 bits per heavy atom. The van der Waals surface area contributed by atoms with Crippen molar-refractivity contribution in [1.29, 1.82) is 0 Å². The molecule has 0 atom stereocenters. The summed E-state index contributed by atoms with van der Waals surface area (Å²) in [6.07, 6.45) is 4.14. The number of thiazole rings is 1. The number of hydrogen-bond donors (Lipinski definition) is 1. The standard InChI is InChI=1S/C16H17N5O2S2/c1-23-13-4-2-12(3-5-13)21-11-19-20-16(21)25-10-14(22)17-7-6-15-18-8-9-24-15/h2-5,8-9,11H,6-7,10H2,1H3,(H,17,22). The molecule has 0 saturated carbocycles. The van der Waals surface area contributed by atoms with Crippen molar-refractivity contribution in [2.75, 3.05) is 19.4 Å². The Labute approximate surface area is 153 Å². The van der Waals surface area contributed by atoms with Gasteiger partial charge in [-0.3, -0.25) is 9.36 Å². The lowest BCUT2D eigenvalue weighted by Crippen LogP contribution is -2.27. The first kappa shape index (κ1) is 17.4. The quantitative estimate of drug-likeness (QED) is 0.608. The number of nitrogens with zero attached hydrogens (tertiary/aromatic N) is 4. The molecule has 0 radical (unpaired) electrons. The number of hydrogen-bond acceptors (Lipinski definition) is 7. The van der Waals surface area contributed by atoms with Gasteiger partial charge in [-0.1, -0.05) is 11.8 Å². The zero-order valence-electron chi connectivity index (χ0n) is 13.6. The molecular weight excluding hydrogens is 358 g/mol. The summed E-state index contributed by atoms with van der Waals surface area (Å²) < 4.78 is 7.00. The van der Waals surface area contributed by atoms with Gasteiger partial charge in [-0.05, 0) is 24.3 Å². The molecular formula is C16H17N5O2S2. The molecule has 1 N–H and O–H groups in total. The van der Waals surface area contributed by atoms with E-state index in [1.165, 1.54) is 11.8 Å². The van der Waals surface area contributed by atoms with Gasteiger partial charge >= 0.3 is 0 Å². The first-order chi connectivity index (χ1) is 12.3. The van der Waals surface area contributed by atoms with Gasteiger partial charge in [0.05, 0.1) is 17.9 Å². The Kier molecular flexibility index (Phi) is 6.02. The number of nitrogens with one attached hydrogen (secondary N) is 1. The molecule has 9 heteroatoms. The summed E-state index contributed by atoms with van der Waals surface area (Å²) in [5.74, 6) is 1.03. The second-order valence-corrected chi connectivity index (χ2v) is 6.92. The van der Waals surface area contributed by atoms with E-state index in [9.17, 15) is 4.79 Å². The van der Waals surface area contributed by atoms with Gasteiger partial charge in [0.1, 0.15) is 12.1 Å². The number of carbonyl (C=O) groups excluding carboxylic acids is 1. The number of carbonyl (C=O) groups is 1. The van der Waals surface area contributed by atoms with Crippen LogP contribution in [0.25, 0.3) is 5.69 Å². The Hall–Kier alpha value is -2.39. The number of thioether (sulfide) groups is 1. The first-order valence-corrected chi connectivity index (χ1v) is 9.45. The lowest BCUT2D eigenvalue weighted by atomic mass is 10.3. The Bertz CT molecular complexity index is 802. The molecule has 7 nitrogen and oxygen atoms in total. The van der Waals surface area contributed by atoms with Gasteiger partial charge in [-0.2, -0.15) is 0 Å². The van der Waals surface area contributed by atoms with E-state index in [1.807, 2.05) is 34.2 Å². The Morgan fingerprint density at radius 3 is 2.92 bits per heavy atom. The van der Waals surface area contributed by atoms with E-state index in [0.717, 1.165) is 22.9 Å². The molecule has 0 fully saturated rings. The maximum Gasteiger partial charge on any atom is 0.230 e. The summed E-state index contributed by atoms with van der Waals surface area (Å²) in [6.45, 7) is 0.581. The molecule has 0 bridgehead atoms. The highest BCUT2D eigenvalue weighted by molar-refractivity contribution is 7.99. The fraction of sp³-hybridized carbons (Fsp3) is 0.250. The van der Waals surface area contributed by atoms with Crippen molar-refractivity contribution in [3.8, 4) is 11.4 Å².